The van der Waals surface area contributed by atoms with Crippen molar-refractivity contribution in [1.82, 2.24) is 4.98 Å². The Morgan fingerprint density at radius 2 is 2.17 bits per heavy atom. The zero-order valence-corrected chi connectivity index (χ0v) is 9.55. The van der Waals surface area contributed by atoms with E-state index in [0.29, 0.717) is 17.0 Å². The van der Waals surface area contributed by atoms with Crippen LogP contribution in [0.2, 0.25) is 0 Å². The molecule has 0 aliphatic carbocycles. The molecule has 2 rings (SSSR count). The van der Waals surface area contributed by atoms with Crippen molar-refractivity contribution >= 4 is 5.97 Å². The highest BCUT2D eigenvalue weighted by molar-refractivity contribution is 5.89. The quantitative estimate of drug-likeness (QED) is 0.905. The van der Waals surface area contributed by atoms with Gasteiger partial charge in [0, 0.05) is 5.56 Å². The number of aromatic carboxylic acids is 1. The minimum absolute atomic E-state index is 0.382. The molecule has 0 saturated heterocycles. The molecule has 0 amide bonds. The summed E-state index contributed by atoms with van der Waals surface area (Å²) in [5.41, 5.74) is 0.646. The molecule has 0 radical (unpaired) electrons. The topological polar surface area (TPSA) is 59.4 Å². The summed E-state index contributed by atoms with van der Waals surface area (Å²) in [5.74, 6) is -1.55. The largest absolute Gasteiger partial charge is 0.497 e. The third-order valence-corrected chi connectivity index (χ3v) is 2.45. The van der Waals surface area contributed by atoms with Crippen LogP contribution >= 0.6 is 0 Å². The van der Waals surface area contributed by atoms with E-state index in [9.17, 15) is 9.18 Å². The van der Waals surface area contributed by atoms with Gasteiger partial charge in [0.05, 0.1) is 24.6 Å². The highest BCUT2D eigenvalue weighted by atomic mass is 19.1. The molecule has 0 aliphatic rings. The van der Waals surface area contributed by atoms with Gasteiger partial charge in [-0.3, -0.25) is 4.98 Å². The Balaban J connectivity index is 2.50. The summed E-state index contributed by atoms with van der Waals surface area (Å²) in [7, 11) is 1.53. The number of ether oxygens (including phenoxy) is 1. The summed E-state index contributed by atoms with van der Waals surface area (Å²) in [6, 6.07) is 8.15. The third-order valence-electron chi connectivity index (χ3n) is 2.45. The SMILES string of the molecule is COc1cccc(-c2cc(C(=O)O)c(F)cn2)c1. The zero-order valence-electron chi connectivity index (χ0n) is 9.55. The highest BCUT2D eigenvalue weighted by Crippen LogP contribution is 2.23. The number of methoxy groups -OCH3 is 1. The first-order valence-electron chi connectivity index (χ1n) is 5.15. The standard InChI is InChI=1S/C13H10FNO3/c1-18-9-4-2-3-8(5-9)12-6-10(13(16)17)11(14)7-15-12/h2-7H,1H3,(H,16,17). The second-order valence-electron chi connectivity index (χ2n) is 3.59. The molecule has 0 saturated carbocycles. The Morgan fingerprint density at radius 1 is 1.39 bits per heavy atom. The Labute approximate surface area is 103 Å². The Kier molecular flexibility index (Phi) is 3.23. The molecule has 0 fully saturated rings. The number of carboxylic acid groups (broad SMARTS) is 1. The van der Waals surface area contributed by atoms with Gasteiger partial charge >= 0.3 is 5.97 Å². The molecule has 4 nitrogen and oxygen atoms in total. The van der Waals surface area contributed by atoms with Crippen LogP contribution in [-0.2, 0) is 0 Å². The van der Waals surface area contributed by atoms with E-state index in [0.717, 1.165) is 6.20 Å². The maximum absolute atomic E-state index is 13.2. The average Bonchev–Trinajstić information content (AvgIpc) is 2.39. The van der Waals surface area contributed by atoms with Gasteiger partial charge in [-0.2, -0.15) is 0 Å². The predicted octanol–water partition coefficient (Wildman–Crippen LogP) is 2.59. The van der Waals surface area contributed by atoms with E-state index in [1.165, 1.54) is 13.2 Å². The molecule has 92 valence electrons. The monoisotopic (exact) mass is 247 g/mol. The summed E-state index contributed by atoms with van der Waals surface area (Å²) in [6.45, 7) is 0. The predicted molar refractivity (Wildman–Crippen MR) is 63.1 cm³/mol. The van der Waals surface area contributed by atoms with Gasteiger partial charge in [0.1, 0.15) is 5.75 Å². The van der Waals surface area contributed by atoms with Gasteiger partial charge in [-0.15, -0.1) is 0 Å². The van der Waals surface area contributed by atoms with E-state index < -0.39 is 17.3 Å². The van der Waals surface area contributed by atoms with Gasteiger partial charge in [-0.05, 0) is 18.2 Å². The van der Waals surface area contributed by atoms with Gasteiger partial charge < -0.3 is 9.84 Å². The van der Waals surface area contributed by atoms with Gasteiger partial charge in [0.15, 0.2) is 5.82 Å². The number of hydrogen-bond acceptors (Lipinski definition) is 3. The summed E-state index contributed by atoms with van der Waals surface area (Å²) in [5, 5.41) is 8.85. The van der Waals surface area contributed by atoms with Crippen LogP contribution < -0.4 is 4.74 Å². The molecule has 1 aromatic carbocycles. The van der Waals surface area contributed by atoms with Crippen LogP contribution in [-0.4, -0.2) is 23.2 Å². The van der Waals surface area contributed by atoms with Crippen LogP contribution in [0.3, 0.4) is 0 Å². The fraction of sp³-hybridized carbons (Fsp3) is 0.0769. The van der Waals surface area contributed by atoms with Gasteiger partial charge in [-0.1, -0.05) is 12.1 Å². The Bertz CT molecular complexity index is 599. The first-order valence-corrected chi connectivity index (χ1v) is 5.15. The molecular formula is C13H10FNO3. The number of rotatable bonds is 3. The second-order valence-corrected chi connectivity index (χ2v) is 3.59. The number of nitrogens with zero attached hydrogens (tertiary/aromatic N) is 1. The van der Waals surface area contributed by atoms with Crippen LogP contribution in [0.4, 0.5) is 4.39 Å². The lowest BCUT2D eigenvalue weighted by atomic mass is 10.1. The first-order chi connectivity index (χ1) is 8.61. The number of halogens is 1. The molecule has 1 aromatic heterocycles. The lowest BCUT2D eigenvalue weighted by molar-refractivity contribution is 0.0691. The molecule has 0 aliphatic heterocycles. The van der Waals surface area contributed by atoms with Crippen molar-refractivity contribution in [2.45, 2.75) is 0 Å². The number of hydrogen-bond donors (Lipinski definition) is 1. The molecule has 1 N–H and O–H groups in total. The fourth-order valence-corrected chi connectivity index (χ4v) is 1.54. The van der Waals surface area contributed by atoms with Crippen molar-refractivity contribution in [1.29, 1.82) is 0 Å². The molecule has 1 heterocycles. The molecule has 0 spiro atoms. The third kappa shape index (κ3) is 2.29. The molecule has 18 heavy (non-hydrogen) atoms. The van der Waals surface area contributed by atoms with E-state index in [4.69, 9.17) is 9.84 Å². The molecule has 5 heteroatoms. The molecule has 0 bridgehead atoms. The van der Waals surface area contributed by atoms with Crippen LogP contribution in [0.25, 0.3) is 11.3 Å². The first kappa shape index (κ1) is 12.0. The lowest BCUT2D eigenvalue weighted by Gasteiger charge is -2.05. The number of aromatic nitrogens is 1. The van der Waals surface area contributed by atoms with E-state index in [-0.39, 0.29) is 0 Å². The van der Waals surface area contributed by atoms with Crippen LogP contribution in [0, 0.1) is 5.82 Å². The summed E-state index contributed by atoms with van der Waals surface area (Å²) < 4.78 is 18.3. The van der Waals surface area contributed by atoms with Gasteiger partial charge in [-0.25, -0.2) is 9.18 Å². The summed E-state index contributed by atoms with van der Waals surface area (Å²) in [4.78, 5) is 14.7. The van der Waals surface area contributed by atoms with Crippen molar-refractivity contribution < 1.29 is 19.0 Å². The van der Waals surface area contributed by atoms with Crippen molar-refractivity contribution in [2.75, 3.05) is 7.11 Å². The van der Waals surface area contributed by atoms with Crippen LogP contribution in [0.1, 0.15) is 10.4 Å². The molecule has 2 aromatic rings. The van der Waals surface area contributed by atoms with Crippen LogP contribution in [0.5, 0.6) is 5.75 Å². The van der Waals surface area contributed by atoms with E-state index in [1.807, 2.05) is 0 Å². The average molecular weight is 247 g/mol. The maximum Gasteiger partial charge on any atom is 0.338 e. The summed E-state index contributed by atoms with van der Waals surface area (Å²) in [6.07, 6.45) is 0.901. The van der Waals surface area contributed by atoms with Gasteiger partial charge in [0.2, 0.25) is 0 Å². The van der Waals surface area contributed by atoms with Crippen LogP contribution in [0.15, 0.2) is 36.5 Å². The maximum atomic E-state index is 13.2. The summed E-state index contributed by atoms with van der Waals surface area (Å²) >= 11 is 0. The number of carboxylic acids is 1. The second kappa shape index (κ2) is 4.83. The highest BCUT2D eigenvalue weighted by Gasteiger charge is 2.12. The lowest BCUT2D eigenvalue weighted by Crippen LogP contribution is -2.02. The van der Waals surface area contributed by atoms with E-state index in [1.54, 1.807) is 24.3 Å². The van der Waals surface area contributed by atoms with Crippen molar-refractivity contribution in [3.05, 3.63) is 47.9 Å². The van der Waals surface area contributed by atoms with E-state index >= 15 is 0 Å². The minimum atomic E-state index is -1.32. The minimum Gasteiger partial charge on any atom is -0.497 e. The van der Waals surface area contributed by atoms with Gasteiger partial charge in [0.25, 0.3) is 0 Å². The van der Waals surface area contributed by atoms with Crippen molar-refractivity contribution in [3.8, 4) is 17.0 Å². The van der Waals surface area contributed by atoms with E-state index in [2.05, 4.69) is 4.98 Å². The van der Waals surface area contributed by atoms with Crippen molar-refractivity contribution in [2.24, 2.45) is 0 Å². The molecular weight excluding hydrogens is 237 g/mol. The number of pyridine rings is 1. The fourth-order valence-electron chi connectivity index (χ4n) is 1.54. The Morgan fingerprint density at radius 3 is 2.83 bits per heavy atom. The number of benzene rings is 1. The smallest absolute Gasteiger partial charge is 0.338 e. The van der Waals surface area contributed by atoms with Crippen molar-refractivity contribution in [3.63, 3.8) is 0 Å². The Hall–Kier alpha value is -2.43. The number of carbonyl (C=O) groups is 1. The molecule has 0 atom stereocenters. The molecule has 0 unspecified atom stereocenters. The zero-order chi connectivity index (χ0) is 13.1. The normalized spacial score (nSPS) is 10.1.